The highest BCUT2D eigenvalue weighted by Gasteiger charge is 2.26. The Labute approximate surface area is 151 Å². The van der Waals surface area contributed by atoms with Gasteiger partial charge in [0.05, 0.1) is 0 Å². The van der Waals surface area contributed by atoms with Crippen LogP contribution in [0.15, 0.2) is 48.5 Å². The highest BCUT2D eigenvalue weighted by molar-refractivity contribution is 5.81. The molecule has 134 valence electrons. The Bertz CT molecular complexity index is 707. The van der Waals surface area contributed by atoms with Gasteiger partial charge in [-0.1, -0.05) is 55.0 Å². The third-order valence-corrected chi connectivity index (χ3v) is 4.21. The number of carbonyl (C=O) groups is 1. The van der Waals surface area contributed by atoms with E-state index in [2.05, 4.69) is 23.5 Å². The summed E-state index contributed by atoms with van der Waals surface area (Å²) in [5.41, 5.74) is 3.11. The van der Waals surface area contributed by atoms with Gasteiger partial charge >= 0.3 is 0 Å². The van der Waals surface area contributed by atoms with Crippen LogP contribution in [0.2, 0.25) is 0 Å². The summed E-state index contributed by atoms with van der Waals surface area (Å²) in [5, 5.41) is 3.14. The number of benzene rings is 2. The molecule has 0 fully saturated rings. The van der Waals surface area contributed by atoms with Crippen molar-refractivity contribution >= 4 is 5.91 Å². The molecule has 2 aromatic rings. The number of amides is 1. The largest absolute Gasteiger partial charge is 0.480 e. The lowest BCUT2D eigenvalue weighted by Crippen LogP contribution is -2.50. The second kappa shape index (κ2) is 8.19. The topological polar surface area (TPSA) is 38.3 Å². The van der Waals surface area contributed by atoms with Crippen molar-refractivity contribution in [3.8, 4) is 5.75 Å². The predicted molar refractivity (Wildman–Crippen MR) is 103 cm³/mol. The van der Waals surface area contributed by atoms with E-state index < -0.39 is 6.10 Å². The Morgan fingerprint density at radius 3 is 2.40 bits per heavy atom. The second-order valence-corrected chi connectivity index (χ2v) is 7.32. The molecular weight excluding hydrogens is 310 g/mol. The van der Waals surface area contributed by atoms with Gasteiger partial charge < -0.3 is 10.1 Å². The Hall–Kier alpha value is -2.29. The van der Waals surface area contributed by atoms with Gasteiger partial charge in [-0.05, 0) is 57.7 Å². The van der Waals surface area contributed by atoms with Gasteiger partial charge in [-0.25, -0.2) is 0 Å². The number of aryl methyl sites for hydroxylation is 2. The van der Waals surface area contributed by atoms with Gasteiger partial charge in [-0.15, -0.1) is 0 Å². The van der Waals surface area contributed by atoms with Crippen molar-refractivity contribution < 1.29 is 9.53 Å². The monoisotopic (exact) mass is 339 g/mol. The Morgan fingerprint density at radius 2 is 1.80 bits per heavy atom. The van der Waals surface area contributed by atoms with Crippen molar-refractivity contribution in [2.24, 2.45) is 0 Å². The summed E-state index contributed by atoms with van der Waals surface area (Å²) in [6.45, 7) is 10.1. The lowest BCUT2D eigenvalue weighted by Gasteiger charge is -2.29. The lowest BCUT2D eigenvalue weighted by atomic mass is 9.94. The molecule has 1 atom stereocenters. The van der Waals surface area contributed by atoms with Gasteiger partial charge in [0.25, 0.3) is 5.91 Å². The smallest absolute Gasteiger partial charge is 0.261 e. The van der Waals surface area contributed by atoms with Crippen molar-refractivity contribution in [3.63, 3.8) is 0 Å². The van der Waals surface area contributed by atoms with Crippen molar-refractivity contribution in [3.05, 3.63) is 65.2 Å². The minimum absolute atomic E-state index is 0.0663. The van der Waals surface area contributed by atoms with Crippen LogP contribution >= 0.6 is 0 Å². The third-order valence-electron chi connectivity index (χ3n) is 4.21. The summed E-state index contributed by atoms with van der Waals surface area (Å²) in [4.78, 5) is 12.7. The number of nitrogens with one attached hydrogen (secondary N) is 1. The molecule has 0 heterocycles. The molecule has 0 bridgehead atoms. The van der Waals surface area contributed by atoms with Gasteiger partial charge in [0.15, 0.2) is 6.10 Å². The maximum absolute atomic E-state index is 12.7. The SMILES string of the molecule is CC[C@H](Oc1ccc(C)cc1C)C(=O)NC(C)(C)Cc1ccccc1. The van der Waals surface area contributed by atoms with Crippen LogP contribution in [0.4, 0.5) is 0 Å². The minimum atomic E-state index is -0.489. The summed E-state index contributed by atoms with van der Waals surface area (Å²) >= 11 is 0. The van der Waals surface area contributed by atoms with E-state index in [1.165, 1.54) is 11.1 Å². The first-order valence-electron chi connectivity index (χ1n) is 8.90. The van der Waals surface area contributed by atoms with E-state index in [1.807, 2.05) is 65.0 Å². The van der Waals surface area contributed by atoms with Crippen molar-refractivity contribution in [2.45, 2.75) is 59.1 Å². The average molecular weight is 339 g/mol. The van der Waals surface area contributed by atoms with Gasteiger partial charge in [-0.2, -0.15) is 0 Å². The Kier molecular flexibility index (Phi) is 6.24. The molecule has 2 aromatic carbocycles. The third kappa shape index (κ3) is 5.63. The fourth-order valence-electron chi connectivity index (χ4n) is 2.97. The van der Waals surface area contributed by atoms with E-state index in [4.69, 9.17) is 4.74 Å². The molecule has 0 unspecified atom stereocenters. The number of rotatable bonds is 7. The van der Waals surface area contributed by atoms with E-state index in [1.54, 1.807) is 0 Å². The molecule has 0 aliphatic rings. The van der Waals surface area contributed by atoms with Crippen LogP contribution in [-0.2, 0) is 11.2 Å². The average Bonchev–Trinajstić information content (AvgIpc) is 2.54. The van der Waals surface area contributed by atoms with Crippen LogP contribution in [0.25, 0.3) is 0 Å². The molecule has 3 heteroatoms. The number of hydrogen-bond donors (Lipinski definition) is 1. The first-order chi connectivity index (χ1) is 11.8. The van der Waals surface area contributed by atoms with Crippen LogP contribution in [0, 0.1) is 13.8 Å². The molecule has 0 aliphatic carbocycles. The zero-order valence-electron chi connectivity index (χ0n) is 15.9. The molecule has 3 nitrogen and oxygen atoms in total. The molecule has 2 rings (SSSR count). The normalized spacial score (nSPS) is 12.5. The maximum Gasteiger partial charge on any atom is 0.261 e. The number of carbonyl (C=O) groups excluding carboxylic acids is 1. The predicted octanol–water partition coefficient (Wildman–Crippen LogP) is 4.60. The molecule has 0 spiro atoms. The van der Waals surface area contributed by atoms with Gasteiger partial charge in [0, 0.05) is 5.54 Å². The van der Waals surface area contributed by atoms with Crippen LogP contribution in [-0.4, -0.2) is 17.6 Å². The van der Waals surface area contributed by atoms with E-state index in [-0.39, 0.29) is 11.4 Å². The van der Waals surface area contributed by atoms with E-state index in [9.17, 15) is 4.79 Å². The zero-order valence-corrected chi connectivity index (χ0v) is 15.9. The summed E-state index contributed by atoms with van der Waals surface area (Å²) < 4.78 is 6.00. The van der Waals surface area contributed by atoms with E-state index >= 15 is 0 Å². The van der Waals surface area contributed by atoms with Crippen LogP contribution in [0.3, 0.4) is 0 Å². The van der Waals surface area contributed by atoms with Crippen molar-refractivity contribution in [2.75, 3.05) is 0 Å². The fourth-order valence-corrected chi connectivity index (χ4v) is 2.97. The van der Waals surface area contributed by atoms with E-state index in [0.717, 1.165) is 17.7 Å². The highest BCUT2D eigenvalue weighted by Crippen LogP contribution is 2.21. The summed E-state index contributed by atoms with van der Waals surface area (Å²) in [6.07, 6.45) is 0.914. The number of hydrogen-bond acceptors (Lipinski definition) is 2. The second-order valence-electron chi connectivity index (χ2n) is 7.32. The van der Waals surface area contributed by atoms with Gasteiger partial charge in [0.1, 0.15) is 5.75 Å². The first-order valence-corrected chi connectivity index (χ1v) is 8.90. The Morgan fingerprint density at radius 1 is 1.12 bits per heavy atom. The van der Waals surface area contributed by atoms with Crippen LogP contribution in [0.5, 0.6) is 5.75 Å². The number of ether oxygens (including phenoxy) is 1. The molecule has 25 heavy (non-hydrogen) atoms. The van der Waals surface area contributed by atoms with E-state index in [0.29, 0.717) is 6.42 Å². The van der Waals surface area contributed by atoms with Crippen molar-refractivity contribution in [1.29, 1.82) is 0 Å². The first kappa shape index (κ1) is 19.0. The molecule has 0 saturated heterocycles. The fraction of sp³-hybridized carbons (Fsp3) is 0.409. The molecule has 1 N–H and O–H groups in total. The maximum atomic E-state index is 12.7. The Balaban J connectivity index is 2.03. The summed E-state index contributed by atoms with van der Waals surface area (Å²) in [7, 11) is 0. The zero-order chi connectivity index (χ0) is 18.4. The van der Waals surface area contributed by atoms with Crippen LogP contribution in [0.1, 0.15) is 43.9 Å². The van der Waals surface area contributed by atoms with Crippen LogP contribution < -0.4 is 10.1 Å². The molecule has 0 aliphatic heterocycles. The molecular formula is C22H29NO2. The highest BCUT2D eigenvalue weighted by atomic mass is 16.5. The van der Waals surface area contributed by atoms with Gasteiger partial charge in [-0.3, -0.25) is 4.79 Å². The summed E-state index contributed by atoms with van der Waals surface area (Å²) in [5.74, 6) is 0.705. The standard InChI is InChI=1S/C22H29NO2/c1-6-19(25-20-13-12-16(2)14-17(20)3)21(24)23-22(4,5)15-18-10-8-7-9-11-18/h7-14,19H,6,15H2,1-5H3,(H,23,24)/t19-/m0/s1. The lowest BCUT2D eigenvalue weighted by molar-refractivity contribution is -0.129. The molecule has 1 amide bonds. The molecule has 0 saturated carbocycles. The van der Waals surface area contributed by atoms with Gasteiger partial charge in [0.2, 0.25) is 0 Å². The van der Waals surface area contributed by atoms with Crippen molar-refractivity contribution in [1.82, 2.24) is 5.32 Å². The molecule has 0 radical (unpaired) electrons. The minimum Gasteiger partial charge on any atom is -0.480 e. The quantitative estimate of drug-likeness (QED) is 0.801. The summed E-state index contributed by atoms with van der Waals surface area (Å²) in [6, 6.07) is 16.2. The molecule has 0 aromatic heterocycles.